The van der Waals surface area contributed by atoms with E-state index in [1.165, 1.54) is 101 Å². The number of rotatable bonds is 38. The van der Waals surface area contributed by atoms with Gasteiger partial charge in [-0.15, -0.1) is 11.8 Å². The van der Waals surface area contributed by atoms with Crippen molar-refractivity contribution in [1.82, 2.24) is 0 Å². The van der Waals surface area contributed by atoms with E-state index >= 15 is 0 Å². The van der Waals surface area contributed by atoms with Gasteiger partial charge in [0.1, 0.15) is 18.0 Å². The van der Waals surface area contributed by atoms with Gasteiger partial charge in [0.05, 0.1) is 130 Å². The predicted molar refractivity (Wildman–Crippen MR) is 330 cm³/mol. The van der Waals surface area contributed by atoms with Crippen LogP contribution in [0.25, 0.3) is 0 Å². The number of aromatic carboxylic acids is 1. The van der Waals surface area contributed by atoms with Crippen LogP contribution in [0.1, 0.15) is 175 Å². The van der Waals surface area contributed by atoms with Crippen molar-refractivity contribution < 1.29 is 124 Å². The van der Waals surface area contributed by atoms with E-state index < -0.39 is 202 Å². The molecule has 0 amide bonds. The Balaban J connectivity index is 3.98. The van der Waals surface area contributed by atoms with Crippen LogP contribution in [-0.2, 0) is 110 Å². The quantitative estimate of drug-likeness (QED) is 0.0483. The lowest BCUT2D eigenvalue weighted by molar-refractivity contribution is -0.173. The highest BCUT2D eigenvalue weighted by Crippen LogP contribution is 2.56. The smallest absolute Gasteiger partial charge is 0.339 e. The number of ether oxygens (including phenoxy) is 12. The van der Waals surface area contributed by atoms with Gasteiger partial charge in [-0.3, -0.25) is 52.7 Å². The molecule has 1 rings (SSSR count). The summed E-state index contributed by atoms with van der Waals surface area (Å²) in [7, 11) is 9.81. The molecule has 26 nitrogen and oxygen atoms in total. The van der Waals surface area contributed by atoms with Gasteiger partial charge in [-0.05, 0) is 153 Å². The topological polar surface area (TPSA) is 353 Å². The van der Waals surface area contributed by atoms with Gasteiger partial charge in [-0.1, -0.05) is 19.1 Å². The van der Waals surface area contributed by atoms with E-state index in [0.29, 0.717) is 6.42 Å². The molecule has 0 saturated carbocycles. The molecule has 1 N–H and O–H groups in total. The zero-order valence-corrected chi connectivity index (χ0v) is 58.5. The summed E-state index contributed by atoms with van der Waals surface area (Å²) in [4.78, 5) is 179. The molecule has 0 aliphatic rings. The van der Waals surface area contributed by atoms with E-state index in [-0.39, 0.29) is 23.3 Å². The van der Waals surface area contributed by atoms with Crippen molar-refractivity contribution >= 4 is 89.4 Å². The summed E-state index contributed by atoms with van der Waals surface area (Å²) in [5, 5.41) is 9.69. The van der Waals surface area contributed by atoms with Crippen molar-refractivity contribution in [1.29, 1.82) is 0 Å². The van der Waals surface area contributed by atoms with Gasteiger partial charge < -0.3 is 61.9 Å². The highest BCUT2D eigenvalue weighted by molar-refractivity contribution is 8.01. The van der Waals surface area contributed by atoms with Crippen LogP contribution in [0.4, 0.5) is 0 Å². The number of benzene rings is 1. The van der Waals surface area contributed by atoms with Crippen LogP contribution >= 0.6 is 11.8 Å². The Kier molecular flexibility index (Phi) is 30.1. The number of carboxylic acids is 1. The fraction of sp³-hybridized carbons (Fsp3) is 0.708. The Labute approximate surface area is 543 Å². The predicted octanol–water partition coefficient (Wildman–Crippen LogP) is 8.06. The van der Waals surface area contributed by atoms with Crippen LogP contribution in [0.5, 0.6) is 0 Å². The molecule has 9 unspecified atom stereocenters. The summed E-state index contributed by atoms with van der Waals surface area (Å²) >= 11 is 0.863. The molecule has 1 aromatic carbocycles. The van der Waals surface area contributed by atoms with Gasteiger partial charge in [0.15, 0.2) is 6.10 Å². The Morgan fingerprint density at radius 3 is 1.01 bits per heavy atom. The Bertz CT molecular complexity index is 2860. The van der Waals surface area contributed by atoms with Gasteiger partial charge in [0.25, 0.3) is 0 Å². The third-order valence-electron chi connectivity index (χ3n) is 17.0. The minimum absolute atomic E-state index is 0.194. The maximum absolute atomic E-state index is 14.6. The number of hydrogen-bond donors (Lipinski definition) is 1. The monoisotopic (exact) mass is 1330 g/mol. The Morgan fingerprint density at radius 2 is 0.696 bits per heavy atom. The fourth-order valence-corrected chi connectivity index (χ4v) is 14.5. The molecule has 0 aromatic heterocycles. The van der Waals surface area contributed by atoms with E-state index in [9.17, 15) is 67.4 Å². The maximum Gasteiger partial charge on any atom is 0.339 e. The first-order valence-electron chi connectivity index (χ1n) is 29.5. The number of methoxy groups -OCH3 is 9. The second-order valence-corrected chi connectivity index (χ2v) is 28.5. The minimum Gasteiger partial charge on any atom is -0.478 e. The van der Waals surface area contributed by atoms with Gasteiger partial charge in [-0.2, -0.15) is 0 Å². The van der Waals surface area contributed by atoms with E-state index in [1.807, 2.05) is 0 Å². The van der Waals surface area contributed by atoms with Crippen LogP contribution in [0.2, 0.25) is 0 Å². The molecule has 1 aromatic rings. The minimum atomic E-state index is -1.97. The summed E-state index contributed by atoms with van der Waals surface area (Å²) in [5.41, 5.74) is -16.1. The Morgan fingerprint density at radius 1 is 0.391 bits per heavy atom. The normalized spacial score (nSPS) is 17.2. The molecule has 520 valence electrons. The zero-order chi connectivity index (χ0) is 71.5. The van der Waals surface area contributed by atoms with Crippen molar-refractivity contribution in [2.45, 2.75) is 165 Å². The van der Waals surface area contributed by atoms with Gasteiger partial charge in [0.2, 0.25) is 0 Å². The van der Waals surface area contributed by atoms with Crippen LogP contribution in [0, 0.1) is 48.7 Å². The molecule has 0 saturated heterocycles. The SMILES string of the molecule is CCC(C)(C)C(=O)OCC(COC(=O)CCSC(C)(CC(C)(CC(C)(CC(C)(CC(C)(CC(C)(CC(C)(CC(C)(CC(C)(C)C(=O)OC)C(=O)OC)C(=O)OC)C(=O)OC)C(=O)OC)C(=O)OC)C(=O)OC)C(=O)OC)C(=O)OC)OC(=O)c1ccccc1C(=O)O. The highest BCUT2D eigenvalue weighted by Gasteiger charge is 2.60. The first kappa shape index (κ1) is 82.7. The number of esters is 12. The average Bonchev–Trinajstić information content (AvgIpc) is 0.760. The molecular formula is C65H98O26S. The van der Waals surface area contributed by atoms with Crippen molar-refractivity contribution in [2.24, 2.45) is 48.7 Å². The summed E-state index contributed by atoms with van der Waals surface area (Å²) in [5.74, 6) is -12.4. The molecule has 0 fully saturated rings. The van der Waals surface area contributed by atoms with Gasteiger partial charge in [0, 0.05) is 5.75 Å². The molecule has 0 spiro atoms. The second kappa shape index (κ2) is 33.5. The molecule has 0 aliphatic carbocycles. The van der Waals surface area contributed by atoms with Crippen LogP contribution in [-0.4, -0.2) is 177 Å². The second-order valence-electron chi connectivity index (χ2n) is 26.9. The summed E-state index contributed by atoms with van der Waals surface area (Å²) in [6.45, 7) is 18.2. The number of thioether (sulfide) groups is 1. The van der Waals surface area contributed by atoms with Crippen LogP contribution in [0.15, 0.2) is 24.3 Å². The van der Waals surface area contributed by atoms with Crippen molar-refractivity contribution in [3.63, 3.8) is 0 Å². The number of hydrogen-bond acceptors (Lipinski definition) is 26. The van der Waals surface area contributed by atoms with Crippen LogP contribution in [0.3, 0.4) is 0 Å². The molecule has 9 atom stereocenters. The molecule has 0 aliphatic heterocycles. The van der Waals surface area contributed by atoms with Crippen molar-refractivity contribution in [3.8, 4) is 0 Å². The van der Waals surface area contributed by atoms with Crippen molar-refractivity contribution in [3.05, 3.63) is 35.4 Å². The Hall–Kier alpha value is -7.32. The van der Waals surface area contributed by atoms with Crippen molar-refractivity contribution in [2.75, 3.05) is 83.0 Å². The first-order valence-corrected chi connectivity index (χ1v) is 30.5. The average molecular weight is 1330 g/mol. The molecular weight excluding hydrogens is 1230 g/mol. The summed E-state index contributed by atoms with van der Waals surface area (Å²) in [6, 6.07) is 5.21. The largest absolute Gasteiger partial charge is 0.478 e. The van der Waals surface area contributed by atoms with Gasteiger partial charge >= 0.3 is 77.6 Å². The summed E-state index contributed by atoms with van der Waals surface area (Å²) in [6.07, 6.45) is -5.29. The molecule has 92 heavy (non-hydrogen) atoms. The lowest BCUT2D eigenvalue weighted by Crippen LogP contribution is -2.51. The first-order chi connectivity index (χ1) is 42.3. The molecule has 0 radical (unpaired) electrons. The number of carbonyl (C=O) groups is 13. The van der Waals surface area contributed by atoms with E-state index in [4.69, 9.17) is 56.8 Å². The number of carbonyl (C=O) groups excluding carboxylic acids is 12. The number of carboxylic acid groups (broad SMARTS) is 1. The molecule has 27 heteroatoms. The standard InChI is InChI=1S/C65H98O26S/c1-23-56(2,3)47(71)90-31-40(91-45(69)42-27-25-24-26-41(42)44(67)68)30-89-43(66)28-29-92-65(13,55(79)88-22)39-64(12,54(78)87-21)38-63(11,53(77)86-20)37-62(10,52(76)85-19)36-61(9,51(75)84-18)35-60(8,50(74)83-17)34-59(7,49(73)82-16)33-58(6,48(72)81-15)32-57(4,5)46(70)80-14/h24-27,40H,23,28-39H2,1-22H3,(H,67,68). The van der Waals surface area contributed by atoms with E-state index in [0.717, 1.165) is 68.6 Å². The fourth-order valence-electron chi connectivity index (χ4n) is 13.1. The highest BCUT2D eigenvalue weighted by atomic mass is 32.2. The maximum atomic E-state index is 14.6. The van der Waals surface area contributed by atoms with E-state index in [1.54, 1.807) is 20.8 Å². The van der Waals surface area contributed by atoms with E-state index in [2.05, 4.69) is 0 Å². The molecule has 0 bridgehead atoms. The van der Waals surface area contributed by atoms with Gasteiger partial charge in [-0.25, -0.2) is 9.59 Å². The lowest BCUT2D eigenvalue weighted by atomic mass is 9.56. The van der Waals surface area contributed by atoms with Crippen LogP contribution < -0.4 is 0 Å². The lowest BCUT2D eigenvalue weighted by Gasteiger charge is -2.46. The summed E-state index contributed by atoms with van der Waals surface area (Å²) < 4.78 is 62.3. The third kappa shape index (κ3) is 21.1. The third-order valence-corrected chi connectivity index (χ3v) is 18.3. The molecule has 0 heterocycles. The zero-order valence-electron chi connectivity index (χ0n) is 57.6.